The Morgan fingerprint density at radius 2 is 1.93 bits per heavy atom. The van der Waals surface area contributed by atoms with Crippen LogP contribution in [-0.2, 0) is 9.59 Å². The van der Waals surface area contributed by atoms with Crippen molar-refractivity contribution in [3.05, 3.63) is 52.5 Å². The second-order valence-corrected chi connectivity index (χ2v) is 6.07. The van der Waals surface area contributed by atoms with Gasteiger partial charge in [0, 0.05) is 5.69 Å². The van der Waals surface area contributed by atoms with Crippen LogP contribution in [-0.4, -0.2) is 29.7 Å². The van der Waals surface area contributed by atoms with E-state index >= 15 is 0 Å². The summed E-state index contributed by atoms with van der Waals surface area (Å²) >= 11 is 5.92. The van der Waals surface area contributed by atoms with Crippen molar-refractivity contribution in [2.75, 3.05) is 11.9 Å². The number of carbonyl (C=O) groups is 2. The second-order valence-electron chi connectivity index (χ2n) is 5.67. The Kier molecular flexibility index (Phi) is 7.19. The maximum Gasteiger partial charge on any atom is 0.249 e. The van der Waals surface area contributed by atoms with E-state index in [0.717, 1.165) is 5.56 Å². The van der Waals surface area contributed by atoms with Gasteiger partial charge >= 0.3 is 0 Å². The lowest BCUT2D eigenvalue weighted by atomic mass is 10.2. The number of carbonyl (C=O) groups excluding carboxylic acids is 2. The van der Waals surface area contributed by atoms with Crippen molar-refractivity contribution >= 4 is 35.3 Å². The average molecular weight is 390 g/mol. The van der Waals surface area contributed by atoms with Crippen LogP contribution in [0.2, 0.25) is 5.02 Å². The van der Waals surface area contributed by atoms with Crippen molar-refractivity contribution in [2.24, 2.45) is 5.10 Å². The van der Waals surface area contributed by atoms with Gasteiger partial charge in [-0.3, -0.25) is 9.59 Å². The number of nitrogens with one attached hydrogen (secondary N) is 2. The smallest absolute Gasteiger partial charge is 0.249 e. The molecule has 0 bridgehead atoms. The number of amides is 2. The van der Waals surface area contributed by atoms with Gasteiger partial charge in [0.2, 0.25) is 11.8 Å². The number of aryl methyl sites for hydroxylation is 1. The van der Waals surface area contributed by atoms with E-state index in [9.17, 15) is 14.7 Å². The zero-order valence-electron chi connectivity index (χ0n) is 15.0. The van der Waals surface area contributed by atoms with Crippen molar-refractivity contribution in [3.8, 4) is 11.5 Å². The fourth-order valence-electron chi connectivity index (χ4n) is 2.14. The van der Waals surface area contributed by atoms with Gasteiger partial charge in [-0.2, -0.15) is 5.10 Å². The van der Waals surface area contributed by atoms with Crippen LogP contribution in [0.3, 0.4) is 0 Å². The van der Waals surface area contributed by atoms with E-state index < -0.39 is 11.8 Å². The Morgan fingerprint density at radius 3 is 2.59 bits per heavy atom. The van der Waals surface area contributed by atoms with Crippen LogP contribution in [0.15, 0.2) is 41.5 Å². The highest BCUT2D eigenvalue weighted by Crippen LogP contribution is 2.34. The van der Waals surface area contributed by atoms with Gasteiger partial charge in [-0.25, -0.2) is 5.43 Å². The number of hydrogen-bond acceptors (Lipinski definition) is 5. The summed E-state index contributed by atoms with van der Waals surface area (Å²) in [5, 5.41) is 16.3. The molecule has 2 rings (SSSR count). The lowest BCUT2D eigenvalue weighted by Crippen LogP contribution is -2.24. The summed E-state index contributed by atoms with van der Waals surface area (Å²) in [4.78, 5) is 23.7. The number of benzene rings is 2. The molecule has 0 heterocycles. The molecule has 0 radical (unpaired) electrons. The first-order valence-corrected chi connectivity index (χ1v) is 8.60. The van der Waals surface area contributed by atoms with Gasteiger partial charge in [0.1, 0.15) is 6.42 Å². The molecule has 0 atom stereocenters. The number of rotatable bonds is 7. The topological polar surface area (TPSA) is 100 Å². The van der Waals surface area contributed by atoms with Crippen LogP contribution in [0.1, 0.15) is 24.5 Å². The van der Waals surface area contributed by atoms with E-state index in [-0.39, 0.29) is 22.9 Å². The minimum Gasteiger partial charge on any atom is -0.503 e. The molecule has 8 heteroatoms. The highest BCUT2D eigenvalue weighted by atomic mass is 35.5. The molecular formula is C19H20ClN3O4. The fraction of sp³-hybridized carbons (Fsp3) is 0.211. The predicted octanol–water partition coefficient (Wildman–Crippen LogP) is 3.23. The first-order chi connectivity index (χ1) is 12.9. The molecule has 2 aromatic carbocycles. The second kappa shape index (κ2) is 9.59. The maximum atomic E-state index is 11.9. The average Bonchev–Trinajstić information content (AvgIpc) is 2.61. The molecule has 0 saturated carbocycles. The highest BCUT2D eigenvalue weighted by molar-refractivity contribution is 6.32. The molecule has 2 amide bonds. The Bertz CT molecular complexity index is 851. The zero-order valence-corrected chi connectivity index (χ0v) is 15.7. The highest BCUT2D eigenvalue weighted by Gasteiger charge is 2.10. The zero-order chi connectivity index (χ0) is 19.8. The number of aromatic hydroxyl groups is 1. The van der Waals surface area contributed by atoms with Gasteiger partial charge in [-0.05, 0) is 43.7 Å². The molecule has 0 aliphatic carbocycles. The number of halogens is 1. The molecule has 142 valence electrons. The molecule has 0 unspecified atom stereocenters. The lowest BCUT2D eigenvalue weighted by molar-refractivity contribution is -0.126. The first kappa shape index (κ1) is 20.3. The quantitative estimate of drug-likeness (QED) is 0.384. The van der Waals surface area contributed by atoms with Crippen molar-refractivity contribution in [2.45, 2.75) is 20.3 Å². The van der Waals surface area contributed by atoms with Crippen molar-refractivity contribution in [3.63, 3.8) is 0 Å². The van der Waals surface area contributed by atoms with Gasteiger partial charge < -0.3 is 15.2 Å². The lowest BCUT2D eigenvalue weighted by Gasteiger charge is -2.08. The van der Waals surface area contributed by atoms with Crippen molar-refractivity contribution in [1.29, 1.82) is 0 Å². The SMILES string of the molecule is CCOc1cc(/C=N/NC(=O)CC(=O)Nc2ccc(C)cc2)cc(Cl)c1O. The third-order valence-corrected chi connectivity index (χ3v) is 3.70. The molecule has 0 aliphatic heterocycles. The Hall–Kier alpha value is -3.06. The molecular weight excluding hydrogens is 370 g/mol. The number of phenolic OH excluding ortho intramolecular Hbond substituents is 1. The standard InChI is InChI=1S/C19H20ClN3O4/c1-3-27-16-9-13(8-15(20)19(16)26)11-21-23-18(25)10-17(24)22-14-6-4-12(2)5-7-14/h4-9,11,26H,3,10H2,1-2H3,(H,22,24)(H,23,25)/b21-11+. The van der Waals surface area contributed by atoms with Gasteiger partial charge in [0.15, 0.2) is 11.5 Å². The van der Waals surface area contributed by atoms with Crippen LogP contribution in [0.25, 0.3) is 0 Å². The normalized spacial score (nSPS) is 10.6. The summed E-state index contributed by atoms with van der Waals surface area (Å²) < 4.78 is 5.27. The van der Waals surface area contributed by atoms with E-state index in [1.54, 1.807) is 19.1 Å². The van der Waals surface area contributed by atoms with E-state index in [1.165, 1.54) is 18.3 Å². The number of nitrogens with zero attached hydrogens (tertiary/aromatic N) is 1. The summed E-state index contributed by atoms with van der Waals surface area (Å²) in [6.07, 6.45) is 0.968. The molecule has 0 spiro atoms. The minimum atomic E-state index is -0.564. The van der Waals surface area contributed by atoms with E-state index in [4.69, 9.17) is 16.3 Å². The molecule has 0 aromatic heterocycles. The number of hydrazone groups is 1. The third kappa shape index (κ3) is 6.31. The molecule has 7 nitrogen and oxygen atoms in total. The minimum absolute atomic E-state index is 0.103. The number of ether oxygens (including phenoxy) is 1. The molecule has 3 N–H and O–H groups in total. The van der Waals surface area contributed by atoms with Crippen LogP contribution in [0.5, 0.6) is 11.5 Å². The number of anilines is 1. The Morgan fingerprint density at radius 1 is 1.22 bits per heavy atom. The van der Waals surface area contributed by atoms with Crippen molar-refractivity contribution in [1.82, 2.24) is 5.43 Å². The van der Waals surface area contributed by atoms with Crippen LogP contribution in [0.4, 0.5) is 5.69 Å². The fourth-order valence-corrected chi connectivity index (χ4v) is 2.36. The van der Waals surface area contributed by atoms with Gasteiger partial charge in [0.05, 0.1) is 17.8 Å². The largest absolute Gasteiger partial charge is 0.503 e. The van der Waals surface area contributed by atoms with E-state index in [2.05, 4.69) is 15.8 Å². The Balaban J connectivity index is 1.89. The summed E-state index contributed by atoms with van der Waals surface area (Å²) in [6, 6.07) is 10.2. The first-order valence-electron chi connectivity index (χ1n) is 8.22. The third-order valence-electron chi connectivity index (χ3n) is 3.41. The number of phenols is 1. The monoisotopic (exact) mass is 389 g/mol. The van der Waals surface area contributed by atoms with Crippen molar-refractivity contribution < 1.29 is 19.4 Å². The van der Waals surface area contributed by atoms with Gasteiger partial charge in [0.25, 0.3) is 0 Å². The van der Waals surface area contributed by atoms with Crippen LogP contribution < -0.4 is 15.5 Å². The summed E-state index contributed by atoms with van der Waals surface area (Å²) in [5.41, 5.74) is 4.47. The molecule has 0 saturated heterocycles. The maximum absolute atomic E-state index is 11.9. The van der Waals surface area contributed by atoms with E-state index in [1.807, 2.05) is 19.1 Å². The van der Waals surface area contributed by atoms with Gasteiger partial charge in [-0.1, -0.05) is 29.3 Å². The summed E-state index contributed by atoms with van der Waals surface area (Å²) in [7, 11) is 0. The Labute approximate surface area is 162 Å². The molecule has 0 aliphatic rings. The molecule has 27 heavy (non-hydrogen) atoms. The number of hydrogen-bond donors (Lipinski definition) is 3. The van der Waals surface area contributed by atoms with Crippen LogP contribution >= 0.6 is 11.6 Å². The summed E-state index contributed by atoms with van der Waals surface area (Å²) in [6.45, 7) is 4.07. The van der Waals surface area contributed by atoms with E-state index in [0.29, 0.717) is 17.9 Å². The predicted molar refractivity (Wildman–Crippen MR) is 104 cm³/mol. The van der Waals surface area contributed by atoms with Gasteiger partial charge in [-0.15, -0.1) is 0 Å². The van der Waals surface area contributed by atoms with Crippen LogP contribution in [0, 0.1) is 6.92 Å². The summed E-state index contributed by atoms with van der Waals surface area (Å²) in [5.74, 6) is -0.952. The molecule has 0 fully saturated rings. The molecule has 2 aromatic rings.